The predicted octanol–water partition coefficient (Wildman–Crippen LogP) is 3.06. The van der Waals surface area contributed by atoms with Gasteiger partial charge in [-0.15, -0.1) is 0 Å². The summed E-state index contributed by atoms with van der Waals surface area (Å²) < 4.78 is 0. The van der Waals surface area contributed by atoms with Gasteiger partial charge in [-0.2, -0.15) is 0 Å². The molecule has 0 aliphatic carbocycles. The van der Waals surface area contributed by atoms with E-state index in [2.05, 4.69) is 32.1 Å². The molecule has 3 rings (SSSR count). The molecular weight excluding hydrogens is 350 g/mol. The fourth-order valence-electron chi connectivity index (χ4n) is 2.37. The summed E-state index contributed by atoms with van der Waals surface area (Å²) in [5, 5.41) is 3.37. The van der Waals surface area contributed by atoms with Gasteiger partial charge >= 0.3 is 0 Å². The molecule has 0 aliphatic heterocycles. The van der Waals surface area contributed by atoms with Crippen molar-refractivity contribution in [2.24, 2.45) is 0 Å². The van der Waals surface area contributed by atoms with E-state index in [1.807, 2.05) is 19.9 Å². The lowest BCUT2D eigenvalue weighted by molar-refractivity contribution is 0.0931. The molecule has 6 nitrogen and oxygen atoms in total. The van der Waals surface area contributed by atoms with Crippen LogP contribution in [-0.2, 0) is 0 Å². The molecule has 0 unspecified atom stereocenters. The predicted molar refractivity (Wildman–Crippen MR) is 103 cm³/mol. The van der Waals surface area contributed by atoms with Crippen LogP contribution in [0.5, 0.6) is 0 Å². The molecule has 1 atom stereocenters. The highest BCUT2D eigenvalue weighted by molar-refractivity contribution is 6.35. The Labute approximate surface area is 156 Å². The number of aromatic nitrogens is 3. The number of benzene rings is 1. The maximum atomic E-state index is 12.3. The maximum absolute atomic E-state index is 12.3. The van der Waals surface area contributed by atoms with Crippen molar-refractivity contribution < 1.29 is 4.79 Å². The zero-order chi connectivity index (χ0) is 18.7. The van der Waals surface area contributed by atoms with Crippen molar-refractivity contribution in [2.45, 2.75) is 26.3 Å². The largest absolute Gasteiger partial charge is 0.397 e. The number of aromatic amines is 1. The van der Waals surface area contributed by atoms with E-state index >= 15 is 0 Å². The number of nitrogen functional groups attached to an aromatic ring is 1. The Morgan fingerprint density at radius 3 is 3.00 bits per heavy atom. The van der Waals surface area contributed by atoms with Gasteiger partial charge < -0.3 is 16.0 Å². The summed E-state index contributed by atoms with van der Waals surface area (Å²) in [6, 6.07) is 7.00. The minimum atomic E-state index is -0.298. The van der Waals surface area contributed by atoms with Crippen molar-refractivity contribution in [3.8, 4) is 11.8 Å². The van der Waals surface area contributed by atoms with Crippen LogP contribution in [0.1, 0.15) is 35.2 Å². The number of nitrogens with zero attached hydrogens (tertiary/aromatic N) is 2. The van der Waals surface area contributed by atoms with Gasteiger partial charge in [0.25, 0.3) is 5.91 Å². The van der Waals surface area contributed by atoms with Crippen LogP contribution in [0, 0.1) is 18.8 Å². The molecule has 0 aliphatic rings. The van der Waals surface area contributed by atoms with Crippen LogP contribution in [0.25, 0.3) is 11.0 Å². The first-order valence-electron chi connectivity index (χ1n) is 8.10. The van der Waals surface area contributed by atoms with Crippen LogP contribution in [-0.4, -0.2) is 26.9 Å². The summed E-state index contributed by atoms with van der Waals surface area (Å²) in [7, 11) is 0. The van der Waals surface area contributed by atoms with Crippen LogP contribution < -0.4 is 11.1 Å². The number of nitrogens with one attached hydrogen (secondary N) is 2. The van der Waals surface area contributed by atoms with Crippen LogP contribution >= 0.6 is 11.6 Å². The Kier molecular flexibility index (Phi) is 5.10. The number of aryl methyl sites for hydroxylation is 1. The number of H-pyrrole nitrogens is 1. The molecule has 132 valence electrons. The van der Waals surface area contributed by atoms with Crippen LogP contribution in [0.15, 0.2) is 30.5 Å². The normalized spacial score (nSPS) is 11.7. The third-order valence-corrected chi connectivity index (χ3v) is 4.13. The van der Waals surface area contributed by atoms with E-state index < -0.39 is 0 Å². The zero-order valence-corrected chi connectivity index (χ0v) is 15.2. The number of para-hydroxylation sites is 1. The smallest absolute Gasteiger partial charge is 0.287 e. The average molecular weight is 368 g/mol. The second kappa shape index (κ2) is 7.46. The first kappa shape index (κ1) is 17.8. The number of rotatable bonds is 3. The van der Waals surface area contributed by atoms with Crippen molar-refractivity contribution >= 4 is 34.2 Å². The highest BCUT2D eigenvalue weighted by atomic mass is 35.5. The lowest BCUT2D eigenvalue weighted by Crippen LogP contribution is -2.32. The Morgan fingerprint density at radius 1 is 1.46 bits per heavy atom. The number of pyridine rings is 1. The lowest BCUT2D eigenvalue weighted by atomic mass is 10.2. The lowest BCUT2D eigenvalue weighted by Gasteiger charge is -2.08. The molecule has 4 N–H and O–H groups in total. The topological polar surface area (TPSA) is 96.7 Å². The van der Waals surface area contributed by atoms with Gasteiger partial charge in [0.1, 0.15) is 5.52 Å². The first-order valence-corrected chi connectivity index (χ1v) is 8.48. The molecule has 1 aromatic carbocycles. The van der Waals surface area contributed by atoms with Gasteiger partial charge in [-0.05, 0) is 32.0 Å². The SMILES string of the molecule is Cc1ncc(C#CC[C@H](C)NC(=O)c2nc3c(Cl)cccc3[nH]2)cc1N. The molecular formula is C19H18ClN5O. The molecule has 0 fully saturated rings. The van der Waals surface area contributed by atoms with Gasteiger partial charge in [-0.3, -0.25) is 9.78 Å². The number of hydrogen-bond donors (Lipinski definition) is 3. The molecule has 0 radical (unpaired) electrons. The van der Waals surface area contributed by atoms with Gasteiger partial charge in [-0.1, -0.05) is 29.5 Å². The van der Waals surface area contributed by atoms with Gasteiger partial charge in [0.15, 0.2) is 5.82 Å². The fourth-order valence-corrected chi connectivity index (χ4v) is 2.59. The Bertz CT molecular complexity index is 1030. The van der Waals surface area contributed by atoms with E-state index in [1.54, 1.807) is 24.4 Å². The molecule has 2 aromatic heterocycles. The van der Waals surface area contributed by atoms with E-state index in [9.17, 15) is 4.79 Å². The number of anilines is 1. The quantitative estimate of drug-likeness (QED) is 0.620. The van der Waals surface area contributed by atoms with Gasteiger partial charge in [-0.25, -0.2) is 4.98 Å². The average Bonchev–Trinajstić information content (AvgIpc) is 3.04. The van der Waals surface area contributed by atoms with Gasteiger partial charge in [0.2, 0.25) is 0 Å². The number of carbonyl (C=O) groups is 1. The van der Waals surface area contributed by atoms with Crippen molar-refractivity contribution in [1.82, 2.24) is 20.3 Å². The molecule has 0 saturated heterocycles. The van der Waals surface area contributed by atoms with E-state index in [0.717, 1.165) is 16.8 Å². The summed E-state index contributed by atoms with van der Waals surface area (Å²) in [4.78, 5) is 23.7. The van der Waals surface area contributed by atoms with Crippen molar-refractivity contribution in [3.05, 3.63) is 52.6 Å². The Balaban J connectivity index is 1.63. The third-order valence-electron chi connectivity index (χ3n) is 3.82. The zero-order valence-electron chi connectivity index (χ0n) is 14.4. The van der Waals surface area contributed by atoms with Gasteiger partial charge in [0, 0.05) is 24.2 Å². The highest BCUT2D eigenvalue weighted by Gasteiger charge is 2.14. The van der Waals surface area contributed by atoms with E-state index in [0.29, 0.717) is 22.6 Å². The second-order valence-corrected chi connectivity index (χ2v) is 6.41. The van der Waals surface area contributed by atoms with Gasteiger partial charge in [0.05, 0.1) is 21.9 Å². The molecule has 2 heterocycles. The van der Waals surface area contributed by atoms with Crippen molar-refractivity contribution in [1.29, 1.82) is 0 Å². The summed E-state index contributed by atoms with van der Waals surface area (Å²) in [6.07, 6.45) is 2.17. The van der Waals surface area contributed by atoms with Crippen LogP contribution in [0.4, 0.5) is 5.69 Å². The molecule has 26 heavy (non-hydrogen) atoms. The van der Waals surface area contributed by atoms with E-state index in [4.69, 9.17) is 17.3 Å². The number of fused-ring (bicyclic) bond motifs is 1. The van der Waals surface area contributed by atoms with Crippen molar-refractivity contribution in [3.63, 3.8) is 0 Å². The first-order chi connectivity index (χ1) is 12.4. The second-order valence-electron chi connectivity index (χ2n) is 6.00. The van der Waals surface area contributed by atoms with Crippen molar-refractivity contribution in [2.75, 3.05) is 5.73 Å². The summed E-state index contributed by atoms with van der Waals surface area (Å²) in [6.45, 7) is 3.72. The molecule has 0 saturated carbocycles. The summed E-state index contributed by atoms with van der Waals surface area (Å²) in [5.41, 5.74) is 9.26. The highest BCUT2D eigenvalue weighted by Crippen LogP contribution is 2.20. The summed E-state index contributed by atoms with van der Waals surface area (Å²) >= 11 is 6.08. The number of carbonyl (C=O) groups excluding carboxylic acids is 1. The molecule has 0 bridgehead atoms. The monoisotopic (exact) mass is 367 g/mol. The Morgan fingerprint density at radius 2 is 2.27 bits per heavy atom. The van der Waals surface area contributed by atoms with E-state index in [1.165, 1.54) is 0 Å². The Hall–Kier alpha value is -3.04. The third kappa shape index (κ3) is 3.95. The standard InChI is InChI=1S/C19H18ClN5O/c1-11(5-3-6-13-9-15(21)12(2)22-10-13)23-19(26)18-24-16-8-4-7-14(20)17(16)25-18/h4,7-11H,5,21H2,1-2H3,(H,23,26)(H,24,25)/t11-/m0/s1. The number of amides is 1. The number of nitrogens with two attached hydrogens (primary N) is 1. The number of hydrogen-bond acceptors (Lipinski definition) is 4. The number of imidazole rings is 1. The maximum Gasteiger partial charge on any atom is 0.287 e. The molecule has 3 aromatic rings. The minimum Gasteiger partial charge on any atom is -0.397 e. The van der Waals surface area contributed by atoms with Crippen LogP contribution in [0.3, 0.4) is 0 Å². The molecule has 0 spiro atoms. The molecule has 7 heteroatoms. The van der Waals surface area contributed by atoms with Crippen LogP contribution in [0.2, 0.25) is 5.02 Å². The van der Waals surface area contributed by atoms with E-state index in [-0.39, 0.29) is 17.8 Å². The molecule has 1 amide bonds. The minimum absolute atomic E-state index is 0.144. The number of halogens is 1. The summed E-state index contributed by atoms with van der Waals surface area (Å²) in [5.74, 6) is 5.96. The fraction of sp³-hybridized carbons (Fsp3) is 0.211.